The number of thiophene rings is 1. The van der Waals surface area contributed by atoms with Gasteiger partial charge < -0.3 is 0 Å². The van der Waals surface area contributed by atoms with E-state index < -0.39 is 0 Å². The summed E-state index contributed by atoms with van der Waals surface area (Å²) in [6.45, 7) is 2.22. The van der Waals surface area contributed by atoms with Crippen molar-refractivity contribution in [2.24, 2.45) is 0 Å². The molecule has 0 N–H and O–H groups in total. The highest BCUT2D eigenvalue weighted by molar-refractivity contribution is 7.07. The first-order valence-corrected chi connectivity index (χ1v) is 4.25. The molecule has 0 bridgehead atoms. The van der Waals surface area contributed by atoms with Crippen molar-refractivity contribution in [3.05, 3.63) is 22.4 Å². The summed E-state index contributed by atoms with van der Waals surface area (Å²) in [5.74, 6) is 0. The molecule has 1 heteroatoms. The lowest BCUT2D eigenvalue weighted by atomic mass is 10.2. The summed E-state index contributed by atoms with van der Waals surface area (Å²) in [6, 6.07) is 2.08. The van der Waals surface area contributed by atoms with Gasteiger partial charge in [0.1, 0.15) is 0 Å². The first-order chi connectivity index (χ1) is 4.43. The first kappa shape index (κ1) is 6.81. The largest absolute Gasteiger partial charge is 0.143 e. The van der Waals surface area contributed by atoms with Crippen LogP contribution in [0, 0.1) is 5.38 Å². The van der Waals surface area contributed by atoms with Crippen molar-refractivity contribution in [2.45, 2.75) is 26.2 Å². The monoisotopic (exact) mass is 139 g/mol. The van der Waals surface area contributed by atoms with Gasteiger partial charge in [-0.3, -0.25) is 0 Å². The molecule has 49 valence electrons. The molecule has 0 unspecified atom stereocenters. The summed E-state index contributed by atoms with van der Waals surface area (Å²) < 4.78 is 0. The second-order valence-corrected chi connectivity index (χ2v) is 2.88. The van der Waals surface area contributed by atoms with Gasteiger partial charge in [-0.25, -0.2) is 0 Å². The van der Waals surface area contributed by atoms with Crippen LogP contribution in [0.1, 0.15) is 25.3 Å². The van der Waals surface area contributed by atoms with Crippen molar-refractivity contribution in [3.63, 3.8) is 0 Å². The Hall–Kier alpha value is -0.300. The fraction of sp³-hybridized carbons (Fsp3) is 0.500. The van der Waals surface area contributed by atoms with Crippen LogP contribution in [0.25, 0.3) is 0 Å². The second kappa shape index (κ2) is 3.67. The predicted octanol–water partition coefficient (Wildman–Crippen LogP) is 2.89. The SMILES string of the molecule is CCCCc1c[c]sc1. The molecule has 0 aromatic carbocycles. The van der Waals surface area contributed by atoms with E-state index in [-0.39, 0.29) is 0 Å². The summed E-state index contributed by atoms with van der Waals surface area (Å²) in [4.78, 5) is 0. The highest BCUT2D eigenvalue weighted by Gasteiger charge is 1.89. The van der Waals surface area contributed by atoms with Crippen LogP contribution in [0.5, 0.6) is 0 Å². The van der Waals surface area contributed by atoms with Gasteiger partial charge in [0.2, 0.25) is 0 Å². The minimum absolute atomic E-state index is 1.23. The van der Waals surface area contributed by atoms with Crippen molar-refractivity contribution in [1.82, 2.24) is 0 Å². The zero-order valence-electron chi connectivity index (χ0n) is 5.68. The van der Waals surface area contributed by atoms with E-state index >= 15 is 0 Å². The molecule has 0 aliphatic carbocycles. The molecule has 0 nitrogen and oxygen atoms in total. The van der Waals surface area contributed by atoms with Crippen molar-refractivity contribution < 1.29 is 0 Å². The number of unbranched alkanes of at least 4 members (excludes halogenated alkanes) is 1. The lowest BCUT2D eigenvalue weighted by Gasteiger charge is -1.90. The Bertz CT molecular complexity index is 142. The smallest absolute Gasteiger partial charge is 0.0445 e. The van der Waals surface area contributed by atoms with Crippen LogP contribution < -0.4 is 0 Å². The van der Waals surface area contributed by atoms with E-state index in [1.165, 1.54) is 24.8 Å². The van der Waals surface area contributed by atoms with E-state index in [2.05, 4.69) is 23.8 Å². The van der Waals surface area contributed by atoms with Crippen LogP contribution >= 0.6 is 11.3 Å². The van der Waals surface area contributed by atoms with E-state index in [9.17, 15) is 0 Å². The molecule has 0 aliphatic heterocycles. The Labute approximate surface area is 60.5 Å². The van der Waals surface area contributed by atoms with Crippen LogP contribution in [0.3, 0.4) is 0 Å². The van der Waals surface area contributed by atoms with E-state index in [0.717, 1.165) is 0 Å². The van der Waals surface area contributed by atoms with E-state index in [4.69, 9.17) is 0 Å². The Morgan fingerprint density at radius 1 is 1.67 bits per heavy atom. The van der Waals surface area contributed by atoms with Gasteiger partial charge >= 0.3 is 0 Å². The number of hydrogen-bond donors (Lipinski definition) is 0. The van der Waals surface area contributed by atoms with Crippen LogP contribution in [0.4, 0.5) is 0 Å². The standard InChI is InChI=1S/C8H11S/c1-2-3-4-8-5-6-9-7-8/h5,7H,2-4H2,1H3. The molecule has 0 saturated carbocycles. The van der Waals surface area contributed by atoms with E-state index in [1.807, 2.05) is 0 Å². The molecule has 1 aromatic rings. The fourth-order valence-corrected chi connectivity index (χ4v) is 1.39. The topological polar surface area (TPSA) is 0 Å². The molecule has 1 aromatic heterocycles. The van der Waals surface area contributed by atoms with Gasteiger partial charge in [-0.15, -0.1) is 11.3 Å². The van der Waals surface area contributed by atoms with Crippen LogP contribution in [0.15, 0.2) is 11.4 Å². The molecule has 0 spiro atoms. The minimum Gasteiger partial charge on any atom is -0.143 e. The highest BCUT2D eigenvalue weighted by Crippen LogP contribution is 2.08. The summed E-state index contributed by atoms with van der Waals surface area (Å²) in [7, 11) is 0. The molecular formula is C8H11S. The highest BCUT2D eigenvalue weighted by atomic mass is 32.1. The van der Waals surface area contributed by atoms with Crippen molar-refractivity contribution in [1.29, 1.82) is 0 Å². The van der Waals surface area contributed by atoms with Gasteiger partial charge in [0.25, 0.3) is 0 Å². The minimum atomic E-state index is 1.23. The Balaban J connectivity index is 2.30. The zero-order valence-corrected chi connectivity index (χ0v) is 6.50. The second-order valence-electron chi connectivity index (χ2n) is 2.18. The molecule has 0 atom stereocenters. The maximum atomic E-state index is 3.08. The lowest BCUT2D eigenvalue weighted by molar-refractivity contribution is 0.797. The van der Waals surface area contributed by atoms with Crippen LogP contribution in [-0.4, -0.2) is 0 Å². The number of aryl methyl sites for hydroxylation is 1. The van der Waals surface area contributed by atoms with Gasteiger partial charge in [-0.1, -0.05) is 13.3 Å². The third-order valence-corrected chi connectivity index (χ3v) is 2.02. The van der Waals surface area contributed by atoms with Gasteiger partial charge in [0, 0.05) is 5.38 Å². The average Bonchev–Trinajstić information content (AvgIpc) is 2.34. The summed E-state index contributed by atoms with van der Waals surface area (Å²) in [6.07, 6.45) is 3.83. The van der Waals surface area contributed by atoms with Crippen LogP contribution in [-0.2, 0) is 6.42 Å². The quantitative estimate of drug-likeness (QED) is 0.604. The summed E-state index contributed by atoms with van der Waals surface area (Å²) >= 11 is 1.67. The van der Waals surface area contributed by atoms with Gasteiger partial charge in [-0.2, -0.15) is 0 Å². The fourth-order valence-electron chi connectivity index (χ4n) is 0.765. The van der Waals surface area contributed by atoms with Crippen molar-refractivity contribution in [3.8, 4) is 0 Å². The molecular weight excluding hydrogens is 128 g/mol. The number of rotatable bonds is 3. The normalized spacial score (nSPS) is 9.89. The van der Waals surface area contributed by atoms with Crippen molar-refractivity contribution >= 4 is 11.3 Å². The Morgan fingerprint density at radius 3 is 3.11 bits per heavy atom. The molecule has 0 aliphatic rings. The Kier molecular flexibility index (Phi) is 2.78. The maximum Gasteiger partial charge on any atom is 0.0445 e. The molecule has 0 amide bonds. The first-order valence-electron chi connectivity index (χ1n) is 3.37. The summed E-state index contributed by atoms with van der Waals surface area (Å²) in [5, 5.41) is 5.26. The zero-order chi connectivity index (χ0) is 6.53. The van der Waals surface area contributed by atoms with E-state index in [0.29, 0.717) is 0 Å². The molecule has 0 fully saturated rings. The predicted molar refractivity (Wildman–Crippen MR) is 41.8 cm³/mol. The number of hydrogen-bond acceptors (Lipinski definition) is 1. The van der Waals surface area contributed by atoms with E-state index in [1.54, 1.807) is 11.3 Å². The summed E-state index contributed by atoms with van der Waals surface area (Å²) in [5.41, 5.74) is 1.45. The molecule has 1 radical (unpaired) electrons. The lowest BCUT2D eigenvalue weighted by Crippen LogP contribution is -1.77. The Morgan fingerprint density at radius 2 is 2.56 bits per heavy atom. The molecule has 0 saturated heterocycles. The van der Waals surface area contributed by atoms with Gasteiger partial charge in [0.05, 0.1) is 0 Å². The van der Waals surface area contributed by atoms with Crippen LogP contribution in [0.2, 0.25) is 0 Å². The molecule has 1 heterocycles. The maximum absolute atomic E-state index is 3.08. The third-order valence-electron chi connectivity index (χ3n) is 1.34. The van der Waals surface area contributed by atoms with Crippen molar-refractivity contribution in [2.75, 3.05) is 0 Å². The third kappa shape index (κ3) is 2.19. The molecule has 1 rings (SSSR count). The molecule has 9 heavy (non-hydrogen) atoms. The van der Waals surface area contributed by atoms with Gasteiger partial charge in [0.15, 0.2) is 0 Å². The average molecular weight is 139 g/mol. The van der Waals surface area contributed by atoms with Gasteiger partial charge in [-0.05, 0) is 29.9 Å².